The van der Waals surface area contributed by atoms with Gasteiger partial charge in [-0.25, -0.2) is 15.0 Å². The number of fused-ring (bicyclic) bond motifs is 8. The summed E-state index contributed by atoms with van der Waals surface area (Å²) >= 11 is 6.88. The molecule has 11 heteroatoms. The van der Waals surface area contributed by atoms with Crippen LogP contribution in [0.3, 0.4) is 0 Å². The van der Waals surface area contributed by atoms with Crippen LogP contribution in [0.25, 0.3) is 160 Å². The number of imidazole rings is 3. The molecule has 16 aromatic carbocycles. The van der Waals surface area contributed by atoms with E-state index in [-0.39, 0.29) is 18.3 Å². The third-order valence-electron chi connectivity index (χ3n) is 21.0. The van der Waals surface area contributed by atoms with Crippen molar-refractivity contribution >= 4 is 131 Å². The zero-order chi connectivity index (χ0) is 71.6. The second-order valence-corrected chi connectivity index (χ2v) is 29.9. The highest BCUT2D eigenvalue weighted by Crippen LogP contribution is 2.41. The fourth-order valence-electron chi connectivity index (χ4n) is 14.8. The Kier molecular flexibility index (Phi) is 17.1. The van der Waals surface area contributed by atoms with Gasteiger partial charge in [-0.15, -0.1) is 0 Å². The number of para-hydroxylation sites is 6. The Morgan fingerprint density at radius 2 is 0.557 bits per heavy atom. The maximum absolute atomic E-state index is 6.24. The molecule has 20 rings (SSSR count). The number of halogens is 2. The molecule has 106 heavy (non-hydrogen) atoms. The van der Waals surface area contributed by atoms with E-state index in [1.54, 1.807) is 0 Å². The quantitative estimate of drug-likeness (QED) is 0.135. The summed E-state index contributed by atoms with van der Waals surface area (Å²) in [7, 11) is -0.379. The third kappa shape index (κ3) is 12.3. The first-order chi connectivity index (χ1) is 51.8. The van der Waals surface area contributed by atoms with E-state index in [1.807, 2.05) is 6.07 Å². The second kappa shape index (κ2) is 27.3. The summed E-state index contributed by atoms with van der Waals surface area (Å²) < 4.78 is 21.6. The average Bonchev–Trinajstić information content (AvgIpc) is 1.59. The summed E-state index contributed by atoms with van der Waals surface area (Å²) in [6.07, 6.45) is 0. The highest BCUT2D eigenvalue weighted by molar-refractivity contribution is 9.10. The molecule has 0 radical (unpaired) electrons. The topological polar surface area (TPSA) is 71.9 Å². The minimum Gasteiger partial charge on any atom is -0.399 e. The van der Waals surface area contributed by atoms with E-state index in [9.17, 15) is 0 Å². The van der Waals surface area contributed by atoms with Gasteiger partial charge >= 0.3 is 7.12 Å². The van der Waals surface area contributed by atoms with Gasteiger partial charge in [0.05, 0.1) is 61.4 Å². The molecule has 19 aromatic rings. The van der Waals surface area contributed by atoms with Gasteiger partial charge in [-0.1, -0.05) is 287 Å². The van der Waals surface area contributed by atoms with Crippen molar-refractivity contribution in [3.63, 3.8) is 0 Å². The molecule has 1 fully saturated rings. The normalized spacial score (nSPS) is 13.2. The maximum Gasteiger partial charge on any atom is 0.494 e. The second-order valence-electron chi connectivity index (χ2n) is 28.1. The summed E-state index contributed by atoms with van der Waals surface area (Å²) in [4.78, 5) is 15.4. The van der Waals surface area contributed by atoms with Gasteiger partial charge < -0.3 is 9.31 Å². The molecule has 0 amide bonds. The molecule has 0 N–H and O–H groups in total. The molecule has 1 saturated heterocycles. The molecule has 0 spiro atoms. The Hall–Kier alpha value is -11.8. The number of aromatic nitrogens is 6. The summed E-state index contributed by atoms with van der Waals surface area (Å²) in [5.41, 5.74) is 17.7. The van der Waals surface area contributed by atoms with E-state index < -0.39 is 0 Å². The van der Waals surface area contributed by atoms with Gasteiger partial charge in [0.25, 0.3) is 0 Å². The van der Waals surface area contributed by atoms with Crippen LogP contribution in [0.4, 0.5) is 0 Å². The van der Waals surface area contributed by atoms with Crippen molar-refractivity contribution in [2.24, 2.45) is 0 Å². The number of rotatable bonds is 9. The van der Waals surface area contributed by atoms with Crippen molar-refractivity contribution in [2.75, 3.05) is 0 Å². The standard InChI is InChI=1S/C56H36N4.C29H27BN2O2.C10H6Br2/c1-3-15-47-40(11-1)13-9-21-51(47)59-53-19-7-5-17-49(53)57-55(59)42-29-23-37(24-30-42)44-33-27-39-28-34-45(36-46(39)35-44)38-25-31-43(32-26-38)56-58-50-18-6-8-20-54(50)60(56)52-22-10-14-41-12-2-4-16-48(41)52;1-28(2)29(3,4)34-30(33-28)22-18-16-21(17-19-22)27-31-24-13-7-8-14-26(24)32(27)25-15-9-11-20-10-5-6-12-23(20)25;11-9-3-1-7-2-4-10(12)6-8(7)5-9/h1-36H;5-19H,1-4H3;1-6H. The maximum atomic E-state index is 6.24. The van der Waals surface area contributed by atoms with Crippen LogP contribution in [0.1, 0.15) is 27.7 Å². The van der Waals surface area contributed by atoms with E-state index in [2.05, 4.69) is 413 Å². The lowest BCUT2D eigenvalue weighted by Gasteiger charge is -2.32. The van der Waals surface area contributed by atoms with Gasteiger partial charge in [0.2, 0.25) is 0 Å². The van der Waals surface area contributed by atoms with Crippen LogP contribution >= 0.6 is 31.9 Å². The van der Waals surface area contributed by atoms with Crippen molar-refractivity contribution in [3.8, 4) is 73.5 Å². The van der Waals surface area contributed by atoms with E-state index in [4.69, 9.17) is 24.3 Å². The van der Waals surface area contributed by atoms with Gasteiger partial charge in [-0.05, 0) is 184 Å². The van der Waals surface area contributed by atoms with Crippen molar-refractivity contribution in [2.45, 2.75) is 38.9 Å². The fourth-order valence-corrected chi connectivity index (χ4v) is 15.5. The van der Waals surface area contributed by atoms with Crippen LogP contribution in [0.2, 0.25) is 0 Å². The number of hydrogen-bond donors (Lipinski definition) is 0. The predicted molar refractivity (Wildman–Crippen MR) is 449 cm³/mol. The molecule has 1 aliphatic rings. The van der Waals surface area contributed by atoms with Crippen LogP contribution in [0.15, 0.2) is 355 Å². The molecule has 0 saturated carbocycles. The zero-order valence-corrected chi connectivity index (χ0v) is 61.9. The summed E-state index contributed by atoms with van der Waals surface area (Å²) in [5.74, 6) is 2.77. The lowest BCUT2D eigenvalue weighted by molar-refractivity contribution is 0.00578. The van der Waals surface area contributed by atoms with Crippen molar-refractivity contribution in [1.82, 2.24) is 28.7 Å². The minimum atomic E-state index is -0.379. The van der Waals surface area contributed by atoms with E-state index in [0.29, 0.717) is 0 Å². The lowest BCUT2D eigenvalue weighted by atomic mass is 9.79. The van der Waals surface area contributed by atoms with Gasteiger partial charge in [-0.2, -0.15) is 0 Å². The Bertz CT molecular complexity index is 6280. The van der Waals surface area contributed by atoms with E-state index in [1.165, 1.54) is 65.0 Å². The van der Waals surface area contributed by atoms with Gasteiger partial charge in [0.1, 0.15) is 17.5 Å². The largest absolute Gasteiger partial charge is 0.494 e. The predicted octanol–water partition coefficient (Wildman–Crippen LogP) is 25.0. The number of benzene rings is 16. The van der Waals surface area contributed by atoms with E-state index >= 15 is 0 Å². The van der Waals surface area contributed by atoms with Crippen LogP contribution in [-0.2, 0) is 9.31 Å². The average molecular weight is 1500 g/mol. The van der Waals surface area contributed by atoms with Crippen LogP contribution < -0.4 is 5.46 Å². The third-order valence-corrected chi connectivity index (χ3v) is 21.9. The highest BCUT2D eigenvalue weighted by atomic mass is 79.9. The summed E-state index contributed by atoms with van der Waals surface area (Å²) in [5, 5.41) is 12.1. The first kappa shape index (κ1) is 66.1. The van der Waals surface area contributed by atoms with Crippen LogP contribution in [-0.4, -0.2) is 47.0 Å². The van der Waals surface area contributed by atoms with Crippen LogP contribution in [0.5, 0.6) is 0 Å². The first-order valence-corrected chi connectivity index (χ1v) is 37.3. The van der Waals surface area contributed by atoms with Crippen molar-refractivity contribution in [1.29, 1.82) is 0 Å². The first-order valence-electron chi connectivity index (χ1n) is 35.8. The molecular formula is C95H69BBr2N6O2. The molecule has 4 heterocycles. The molecular weight excluding hydrogens is 1430 g/mol. The number of nitrogens with zero attached hydrogens (tertiary/aromatic N) is 6. The van der Waals surface area contributed by atoms with Crippen molar-refractivity contribution in [3.05, 3.63) is 355 Å². The Labute approximate surface area is 631 Å². The molecule has 8 nitrogen and oxygen atoms in total. The molecule has 0 aliphatic carbocycles. The smallest absolute Gasteiger partial charge is 0.399 e. The Morgan fingerprint density at radius 3 is 0.934 bits per heavy atom. The summed E-state index contributed by atoms with van der Waals surface area (Å²) in [6.45, 7) is 8.31. The molecule has 0 atom stereocenters. The lowest BCUT2D eigenvalue weighted by Crippen LogP contribution is -2.41. The minimum absolute atomic E-state index is 0.362. The summed E-state index contributed by atoms with van der Waals surface area (Å²) in [6, 6.07) is 122. The fraction of sp³-hybridized carbons (Fsp3) is 0.0632. The molecule has 0 bridgehead atoms. The highest BCUT2D eigenvalue weighted by Gasteiger charge is 2.51. The Morgan fingerprint density at radius 1 is 0.264 bits per heavy atom. The van der Waals surface area contributed by atoms with E-state index in [0.717, 1.165) is 110 Å². The number of hydrogen-bond acceptors (Lipinski definition) is 5. The van der Waals surface area contributed by atoms with Gasteiger partial charge in [0, 0.05) is 41.8 Å². The molecule has 3 aromatic heterocycles. The van der Waals surface area contributed by atoms with Gasteiger partial charge in [-0.3, -0.25) is 13.7 Å². The van der Waals surface area contributed by atoms with Crippen molar-refractivity contribution < 1.29 is 9.31 Å². The van der Waals surface area contributed by atoms with Crippen LogP contribution in [0, 0.1) is 0 Å². The molecule has 0 unspecified atom stereocenters. The zero-order valence-electron chi connectivity index (χ0n) is 58.7. The molecule has 1 aliphatic heterocycles. The molecule has 508 valence electrons. The Balaban J connectivity index is 0.000000144. The monoisotopic (exact) mass is 1490 g/mol. The van der Waals surface area contributed by atoms with Gasteiger partial charge in [0.15, 0.2) is 0 Å². The SMILES string of the molecule is Brc1ccc2ccc(Br)cc2c1.CC1(C)OB(c2ccc(-c3nc4ccccc4n3-c3cccc4ccccc34)cc2)OC1(C)C.c1ccc2c(-n3c(-c4ccc(-c5ccc6ccc(-c7ccc(-c8nc9ccccc9n8-c8cccc9ccccc89)cc7)cc6c5)cc4)nc4ccccc43)cccc2c1.